The molecule has 204 valence electrons. The van der Waals surface area contributed by atoms with Gasteiger partial charge in [0, 0.05) is 45.4 Å². The Hall–Kier alpha value is -3.44. The van der Waals surface area contributed by atoms with E-state index in [9.17, 15) is 18.0 Å². The third-order valence-electron chi connectivity index (χ3n) is 7.01. The first-order valence-electron chi connectivity index (χ1n) is 12.7. The minimum absolute atomic E-state index is 0. The molecular formula is C27H35N5O4S2. The van der Waals surface area contributed by atoms with Gasteiger partial charge in [0.25, 0.3) is 10.0 Å². The first kappa shape index (κ1) is 26.2. The van der Waals surface area contributed by atoms with Crippen molar-refractivity contribution in [3.8, 4) is 0 Å². The van der Waals surface area contributed by atoms with E-state index >= 15 is 0 Å². The van der Waals surface area contributed by atoms with E-state index in [4.69, 9.17) is 0 Å². The molecule has 11 heteroatoms. The van der Waals surface area contributed by atoms with E-state index in [-0.39, 0.29) is 43.2 Å². The van der Waals surface area contributed by atoms with Crippen molar-refractivity contribution in [1.29, 1.82) is 0 Å². The second-order valence-electron chi connectivity index (χ2n) is 9.86. The third-order valence-corrected chi connectivity index (χ3v) is 9.18. The summed E-state index contributed by atoms with van der Waals surface area (Å²) in [5.41, 5.74) is 2.96. The lowest BCUT2D eigenvalue weighted by Crippen LogP contribution is -2.59. The molecule has 2 amide bonds. The van der Waals surface area contributed by atoms with E-state index in [1.165, 1.54) is 35.2 Å². The van der Waals surface area contributed by atoms with Gasteiger partial charge in [0.05, 0.1) is 4.90 Å². The van der Waals surface area contributed by atoms with Crippen molar-refractivity contribution >= 4 is 49.7 Å². The number of hydrogen-bond donors (Lipinski definition) is 1. The Balaban J connectivity index is 0.00000220. The number of carbonyl (C=O) groups is 2. The second kappa shape index (κ2) is 10.7. The highest BCUT2D eigenvalue weighted by Gasteiger charge is 2.37. The number of thiazole rings is 1. The number of nitrogens with zero attached hydrogens (tertiary/aromatic N) is 4. The normalized spacial score (nSPS) is 16.9. The summed E-state index contributed by atoms with van der Waals surface area (Å²) in [7, 11) is -3.78. The zero-order valence-corrected chi connectivity index (χ0v) is 23.0. The number of benzene rings is 2. The van der Waals surface area contributed by atoms with Crippen molar-refractivity contribution in [2.24, 2.45) is 5.92 Å². The van der Waals surface area contributed by atoms with Crippen molar-refractivity contribution in [3.63, 3.8) is 0 Å². The number of aromatic nitrogens is 1. The zero-order valence-electron chi connectivity index (χ0n) is 21.4. The van der Waals surface area contributed by atoms with Gasteiger partial charge < -0.3 is 14.7 Å². The number of piperazine rings is 1. The van der Waals surface area contributed by atoms with Gasteiger partial charge in [-0.15, -0.1) is 11.3 Å². The van der Waals surface area contributed by atoms with Gasteiger partial charge in [-0.1, -0.05) is 32.0 Å². The SMILES string of the molecule is CC(C)[C@@H](C(=O)N1CCN(c2ccc(S(=O)(=O)Nc3nccs3)cc2)C(=O)C1)N1CCCc2ccccc21.[HH].[HH]. The van der Waals surface area contributed by atoms with Crippen LogP contribution in [0.1, 0.15) is 28.7 Å². The average Bonchev–Trinajstić information content (AvgIpc) is 3.41. The maximum absolute atomic E-state index is 13.8. The summed E-state index contributed by atoms with van der Waals surface area (Å²) in [4.78, 5) is 36.4. The molecule has 38 heavy (non-hydrogen) atoms. The van der Waals surface area contributed by atoms with Gasteiger partial charge in [0.2, 0.25) is 11.8 Å². The number of hydrogen-bond acceptors (Lipinski definition) is 7. The molecule has 0 bridgehead atoms. The van der Waals surface area contributed by atoms with Gasteiger partial charge in [0.15, 0.2) is 5.13 Å². The van der Waals surface area contributed by atoms with Crippen LogP contribution in [-0.2, 0) is 26.0 Å². The van der Waals surface area contributed by atoms with Crippen molar-refractivity contribution in [2.75, 3.05) is 40.7 Å². The summed E-state index contributed by atoms with van der Waals surface area (Å²) in [6, 6.07) is 14.1. The molecule has 0 aliphatic carbocycles. The largest absolute Gasteiger partial charge is 0.359 e. The summed E-state index contributed by atoms with van der Waals surface area (Å²) in [6.45, 7) is 5.66. The average molecular weight is 558 g/mol. The van der Waals surface area contributed by atoms with E-state index in [1.807, 2.05) is 12.1 Å². The molecule has 1 atom stereocenters. The first-order chi connectivity index (χ1) is 18.2. The molecular weight excluding hydrogens is 522 g/mol. The highest BCUT2D eigenvalue weighted by Crippen LogP contribution is 2.32. The molecule has 1 N–H and O–H groups in total. The Morgan fingerprint density at radius 1 is 1.08 bits per heavy atom. The van der Waals surface area contributed by atoms with Gasteiger partial charge in [-0.3, -0.25) is 14.3 Å². The number of anilines is 3. The van der Waals surface area contributed by atoms with E-state index in [0.717, 1.165) is 25.1 Å². The highest BCUT2D eigenvalue weighted by atomic mass is 32.2. The Morgan fingerprint density at radius 2 is 1.84 bits per heavy atom. The molecule has 3 aromatic rings. The van der Waals surface area contributed by atoms with E-state index in [0.29, 0.717) is 18.8 Å². The van der Waals surface area contributed by atoms with Gasteiger partial charge in [-0.05, 0) is 54.7 Å². The highest BCUT2D eigenvalue weighted by molar-refractivity contribution is 7.93. The van der Waals surface area contributed by atoms with Crippen molar-refractivity contribution in [3.05, 3.63) is 65.7 Å². The van der Waals surface area contributed by atoms with Gasteiger partial charge in [0.1, 0.15) is 12.6 Å². The summed E-state index contributed by atoms with van der Waals surface area (Å²) in [5.74, 6) is -0.142. The Kier molecular flexibility index (Phi) is 7.40. The van der Waals surface area contributed by atoms with Crippen LogP contribution in [0.2, 0.25) is 0 Å². The van der Waals surface area contributed by atoms with Crippen LogP contribution in [0.3, 0.4) is 0 Å². The number of amides is 2. The molecule has 1 fully saturated rings. The van der Waals surface area contributed by atoms with E-state index < -0.39 is 10.0 Å². The lowest BCUT2D eigenvalue weighted by Gasteiger charge is -2.43. The Morgan fingerprint density at radius 3 is 2.53 bits per heavy atom. The number of para-hydroxylation sites is 1. The molecule has 3 heterocycles. The molecule has 2 aliphatic rings. The topological polar surface area (TPSA) is 103 Å². The van der Waals surface area contributed by atoms with Crippen LogP contribution in [0.5, 0.6) is 0 Å². The lowest BCUT2D eigenvalue weighted by atomic mass is 9.94. The number of sulfonamides is 1. The molecule has 1 saturated heterocycles. The van der Waals surface area contributed by atoms with Gasteiger partial charge in [-0.2, -0.15) is 0 Å². The van der Waals surface area contributed by atoms with Crippen LogP contribution >= 0.6 is 11.3 Å². The van der Waals surface area contributed by atoms with Crippen LogP contribution in [0.25, 0.3) is 0 Å². The summed E-state index contributed by atoms with van der Waals surface area (Å²) >= 11 is 1.19. The fourth-order valence-corrected chi connectivity index (χ4v) is 6.99. The second-order valence-corrected chi connectivity index (χ2v) is 12.4. The summed E-state index contributed by atoms with van der Waals surface area (Å²) < 4.78 is 27.7. The predicted octanol–water partition coefficient (Wildman–Crippen LogP) is 4.09. The lowest BCUT2D eigenvalue weighted by molar-refractivity contribution is -0.138. The monoisotopic (exact) mass is 557 g/mol. The molecule has 1 aromatic heterocycles. The molecule has 9 nitrogen and oxygen atoms in total. The van der Waals surface area contributed by atoms with Crippen LogP contribution in [0, 0.1) is 5.92 Å². The van der Waals surface area contributed by atoms with E-state index in [1.54, 1.807) is 27.3 Å². The predicted molar refractivity (Wildman–Crippen MR) is 153 cm³/mol. The first-order valence-corrected chi connectivity index (χ1v) is 15.1. The Bertz CT molecular complexity index is 1420. The molecule has 0 radical (unpaired) electrons. The molecule has 2 aliphatic heterocycles. The van der Waals surface area contributed by atoms with Crippen LogP contribution in [-0.4, -0.2) is 62.3 Å². The molecule has 2 aromatic carbocycles. The van der Waals surface area contributed by atoms with Crippen LogP contribution in [0.4, 0.5) is 16.5 Å². The smallest absolute Gasteiger partial charge is 0.263 e. The zero-order chi connectivity index (χ0) is 26.9. The van der Waals surface area contributed by atoms with Gasteiger partial charge in [-0.25, -0.2) is 13.4 Å². The third kappa shape index (κ3) is 5.25. The Labute approximate surface area is 230 Å². The molecule has 5 rings (SSSR count). The fourth-order valence-electron chi connectivity index (χ4n) is 5.20. The number of aryl methyl sites for hydroxylation is 1. The van der Waals surface area contributed by atoms with E-state index in [2.05, 4.69) is 40.6 Å². The van der Waals surface area contributed by atoms with Crippen molar-refractivity contribution in [1.82, 2.24) is 9.88 Å². The van der Waals surface area contributed by atoms with Crippen LogP contribution in [0.15, 0.2) is 65.0 Å². The summed E-state index contributed by atoms with van der Waals surface area (Å²) in [5, 5.41) is 1.98. The maximum Gasteiger partial charge on any atom is 0.263 e. The van der Waals surface area contributed by atoms with Crippen LogP contribution < -0.4 is 14.5 Å². The number of rotatable bonds is 7. The number of nitrogens with one attached hydrogen (secondary N) is 1. The number of carbonyl (C=O) groups excluding carboxylic acids is 2. The number of fused-ring (bicyclic) bond motifs is 1. The van der Waals surface area contributed by atoms with Crippen molar-refractivity contribution in [2.45, 2.75) is 37.6 Å². The minimum atomic E-state index is -3.78. The standard InChI is InChI=1S/C27H31N5O4S2.2H2/c1-19(2)25(32-14-5-7-20-6-3-4-8-23(20)32)26(34)30-15-16-31(24(33)18-30)21-9-11-22(12-10-21)38(35,36)29-27-28-13-17-37-27;;/h3-4,6,8-13,17,19,25H,5,7,14-16,18H2,1-2H3,(H,28,29);2*1H/t25-;;/m0../s1. The molecule has 0 unspecified atom stereocenters. The maximum atomic E-state index is 13.8. The van der Waals surface area contributed by atoms with Crippen molar-refractivity contribution < 1.29 is 20.9 Å². The minimum Gasteiger partial charge on any atom is -0.359 e. The fraction of sp³-hybridized carbons (Fsp3) is 0.370. The van der Waals surface area contributed by atoms with Gasteiger partial charge >= 0.3 is 0 Å². The quantitative estimate of drug-likeness (QED) is 0.470. The molecule has 0 saturated carbocycles. The summed E-state index contributed by atoms with van der Waals surface area (Å²) in [6.07, 6.45) is 3.52. The molecule has 0 spiro atoms.